The van der Waals surface area contributed by atoms with Crippen molar-refractivity contribution in [2.24, 2.45) is 5.92 Å². The third-order valence-corrected chi connectivity index (χ3v) is 5.49. The maximum Gasteiger partial charge on any atom is 0.253 e. The molecule has 1 amide bonds. The van der Waals surface area contributed by atoms with E-state index in [0.29, 0.717) is 5.92 Å². The Hall–Kier alpha value is -2.95. The Balaban J connectivity index is 1.51. The molecule has 1 aromatic carbocycles. The van der Waals surface area contributed by atoms with E-state index in [1.807, 2.05) is 60.6 Å². The number of rotatable bonds is 4. The van der Waals surface area contributed by atoms with E-state index < -0.39 is 0 Å². The van der Waals surface area contributed by atoms with E-state index in [0.717, 1.165) is 60.7 Å². The summed E-state index contributed by atoms with van der Waals surface area (Å²) in [6.07, 6.45) is 7.72. The average molecular weight is 374 g/mol. The second-order valence-corrected chi connectivity index (χ2v) is 7.70. The maximum absolute atomic E-state index is 13.0. The molecule has 1 unspecified atom stereocenters. The maximum atomic E-state index is 13.0. The van der Waals surface area contributed by atoms with Gasteiger partial charge in [-0.25, -0.2) is 4.98 Å². The van der Waals surface area contributed by atoms with Crippen molar-refractivity contribution in [2.75, 3.05) is 13.1 Å². The van der Waals surface area contributed by atoms with Gasteiger partial charge in [0, 0.05) is 55.0 Å². The number of piperidine rings is 1. The van der Waals surface area contributed by atoms with Gasteiger partial charge in [-0.3, -0.25) is 9.78 Å². The smallest absolute Gasteiger partial charge is 0.253 e. The summed E-state index contributed by atoms with van der Waals surface area (Å²) in [5.74, 6) is 1.52. The molecular weight excluding hydrogens is 348 g/mol. The number of aryl methyl sites for hydroxylation is 2. The summed E-state index contributed by atoms with van der Waals surface area (Å²) in [7, 11) is 0. The summed E-state index contributed by atoms with van der Waals surface area (Å²) in [5.41, 5.74) is 4.07. The third kappa shape index (κ3) is 3.84. The average Bonchev–Trinajstić information content (AvgIpc) is 3.08. The fraction of sp³-hybridized carbons (Fsp3) is 0.348. The van der Waals surface area contributed by atoms with Crippen molar-refractivity contribution in [3.8, 4) is 11.4 Å². The first-order valence-corrected chi connectivity index (χ1v) is 9.90. The fourth-order valence-corrected chi connectivity index (χ4v) is 4.03. The van der Waals surface area contributed by atoms with Crippen LogP contribution in [0.2, 0.25) is 0 Å². The van der Waals surface area contributed by atoms with E-state index >= 15 is 0 Å². The van der Waals surface area contributed by atoms with E-state index in [4.69, 9.17) is 0 Å². The molecule has 5 heteroatoms. The molecule has 3 aromatic rings. The number of carbonyl (C=O) groups excluding carboxylic acids is 1. The molecule has 1 atom stereocenters. The van der Waals surface area contributed by atoms with Crippen molar-refractivity contribution in [1.82, 2.24) is 19.4 Å². The predicted octanol–water partition coefficient (Wildman–Crippen LogP) is 4.11. The summed E-state index contributed by atoms with van der Waals surface area (Å²) in [6, 6.07) is 11.9. The highest BCUT2D eigenvalue weighted by molar-refractivity contribution is 5.94. The van der Waals surface area contributed by atoms with Gasteiger partial charge in [-0.15, -0.1) is 0 Å². The topological polar surface area (TPSA) is 51.0 Å². The van der Waals surface area contributed by atoms with Crippen molar-refractivity contribution in [3.05, 3.63) is 71.8 Å². The third-order valence-electron chi connectivity index (χ3n) is 5.49. The molecule has 1 saturated heterocycles. The van der Waals surface area contributed by atoms with Gasteiger partial charge in [0.05, 0.1) is 0 Å². The van der Waals surface area contributed by atoms with Gasteiger partial charge >= 0.3 is 0 Å². The molecule has 2 aromatic heterocycles. The van der Waals surface area contributed by atoms with Crippen LogP contribution in [-0.4, -0.2) is 38.4 Å². The highest BCUT2D eigenvalue weighted by atomic mass is 16.2. The first-order valence-electron chi connectivity index (χ1n) is 9.90. The Kier molecular flexibility index (Phi) is 5.24. The van der Waals surface area contributed by atoms with Crippen molar-refractivity contribution >= 4 is 5.91 Å². The van der Waals surface area contributed by atoms with Crippen LogP contribution in [0.4, 0.5) is 0 Å². The molecule has 0 radical (unpaired) electrons. The predicted molar refractivity (Wildman–Crippen MR) is 110 cm³/mol. The van der Waals surface area contributed by atoms with Gasteiger partial charge in [0.1, 0.15) is 5.82 Å². The van der Waals surface area contributed by atoms with Gasteiger partial charge < -0.3 is 9.47 Å². The number of amides is 1. The molecule has 0 bridgehead atoms. The zero-order valence-corrected chi connectivity index (χ0v) is 16.5. The van der Waals surface area contributed by atoms with Crippen LogP contribution in [0.25, 0.3) is 11.4 Å². The summed E-state index contributed by atoms with van der Waals surface area (Å²) in [4.78, 5) is 23.8. The van der Waals surface area contributed by atoms with Gasteiger partial charge in [-0.2, -0.15) is 0 Å². The monoisotopic (exact) mass is 374 g/mol. The molecule has 1 aliphatic rings. The van der Waals surface area contributed by atoms with E-state index in [9.17, 15) is 4.79 Å². The molecule has 1 fully saturated rings. The molecule has 3 heterocycles. The Labute approximate surface area is 166 Å². The number of benzene rings is 1. The number of imidazole rings is 1. The minimum absolute atomic E-state index is 0.142. The van der Waals surface area contributed by atoms with Crippen LogP contribution in [0.15, 0.2) is 55.0 Å². The minimum Gasteiger partial charge on any atom is -0.338 e. The van der Waals surface area contributed by atoms with Crippen LogP contribution < -0.4 is 0 Å². The van der Waals surface area contributed by atoms with Crippen LogP contribution >= 0.6 is 0 Å². The highest BCUT2D eigenvalue weighted by Gasteiger charge is 2.26. The Morgan fingerprint density at radius 3 is 2.86 bits per heavy atom. The summed E-state index contributed by atoms with van der Waals surface area (Å²) in [5, 5.41) is 0. The molecule has 1 aliphatic heterocycles. The van der Waals surface area contributed by atoms with E-state index in [1.165, 1.54) is 0 Å². The van der Waals surface area contributed by atoms with Crippen molar-refractivity contribution in [3.63, 3.8) is 0 Å². The van der Waals surface area contributed by atoms with Gasteiger partial charge in [-0.05, 0) is 56.9 Å². The highest BCUT2D eigenvalue weighted by Crippen LogP contribution is 2.25. The van der Waals surface area contributed by atoms with Crippen LogP contribution in [0.1, 0.15) is 34.5 Å². The lowest BCUT2D eigenvalue weighted by Crippen LogP contribution is -2.41. The van der Waals surface area contributed by atoms with E-state index in [-0.39, 0.29) is 5.91 Å². The molecule has 0 N–H and O–H groups in total. The number of aromatic nitrogens is 3. The number of pyridine rings is 1. The lowest BCUT2D eigenvalue weighted by atomic mass is 9.96. The molecular formula is C23H26N4O. The van der Waals surface area contributed by atoms with Crippen molar-refractivity contribution in [2.45, 2.75) is 33.2 Å². The SMILES string of the molecule is Cc1cccc(C(=O)N2CCCC(Cn3c(C)cnc3-c3cccnc3)C2)c1. The summed E-state index contributed by atoms with van der Waals surface area (Å²) in [6.45, 7) is 6.61. The van der Waals surface area contributed by atoms with Gasteiger partial charge in [0.25, 0.3) is 5.91 Å². The largest absolute Gasteiger partial charge is 0.338 e. The Morgan fingerprint density at radius 1 is 1.18 bits per heavy atom. The quantitative estimate of drug-likeness (QED) is 0.690. The minimum atomic E-state index is 0.142. The van der Waals surface area contributed by atoms with Crippen LogP contribution in [-0.2, 0) is 6.54 Å². The molecule has 0 spiro atoms. The zero-order chi connectivity index (χ0) is 19.5. The van der Waals surface area contributed by atoms with Crippen LogP contribution in [0.3, 0.4) is 0 Å². The number of nitrogens with zero attached hydrogens (tertiary/aromatic N) is 4. The van der Waals surface area contributed by atoms with E-state index in [1.54, 1.807) is 6.20 Å². The zero-order valence-electron chi connectivity index (χ0n) is 16.5. The van der Waals surface area contributed by atoms with Crippen molar-refractivity contribution in [1.29, 1.82) is 0 Å². The first kappa shape index (κ1) is 18.4. The van der Waals surface area contributed by atoms with Crippen LogP contribution in [0.5, 0.6) is 0 Å². The molecule has 144 valence electrons. The lowest BCUT2D eigenvalue weighted by molar-refractivity contribution is 0.0662. The molecule has 4 rings (SSSR count). The fourth-order valence-electron chi connectivity index (χ4n) is 4.03. The first-order chi connectivity index (χ1) is 13.6. The Morgan fingerprint density at radius 2 is 2.07 bits per heavy atom. The number of hydrogen-bond donors (Lipinski definition) is 0. The molecule has 28 heavy (non-hydrogen) atoms. The Bertz CT molecular complexity index is 964. The summed E-state index contributed by atoms with van der Waals surface area (Å²) < 4.78 is 2.27. The molecule has 0 saturated carbocycles. The number of hydrogen-bond acceptors (Lipinski definition) is 3. The number of carbonyl (C=O) groups is 1. The van der Waals surface area contributed by atoms with Gasteiger partial charge in [-0.1, -0.05) is 17.7 Å². The van der Waals surface area contributed by atoms with Gasteiger partial charge in [0.2, 0.25) is 0 Å². The summed E-state index contributed by atoms with van der Waals surface area (Å²) >= 11 is 0. The second kappa shape index (κ2) is 7.97. The van der Waals surface area contributed by atoms with Crippen molar-refractivity contribution < 1.29 is 4.79 Å². The normalized spacial score (nSPS) is 16.9. The second-order valence-electron chi connectivity index (χ2n) is 7.70. The number of likely N-dealkylation sites (tertiary alicyclic amines) is 1. The van der Waals surface area contributed by atoms with Crippen LogP contribution in [0, 0.1) is 19.8 Å². The van der Waals surface area contributed by atoms with E-state index in [2.05, 4.69) is 21.5 Å². The standard InChI is InChI=1S/C23H26N4O/c1-17-6-3-8-20(12-17)23(28)26-11-5-7-19(15-26)16-27-18(2)13-25-22(27)21-9-4-10-24-14-21/h3-4,6,8-10,12-14,19H,5,7,11,15-16H2,1-2H3. The molecule has 5 nitrogen and oxygen atoms in total. The lowest BCUT2D eigenvalue weighted by Gasteiger charge is -2.33. The molecule has 0 aliphatic carbocycles. The van der Waals surface area contributed by atoms with Gasteiger partial charge in [0.15, 0.2) is 0 Å².